The van der Waals surface area contributed by atoms with E-state index in [2.05, 4.69) is 4.74 Å². The van der Waals surface area contributed by atoms with Gasteiger partial charge in [-0.15, -0.1) is 0 Å². The number of carbonyl (C=O) groups excluding carboxylic acids is 1. The largest absolute Gasteiger partial charge is 0.495 e. The summed E-state index contributed by atoms with van der Waals surface area (Å²) in [6.07, 6.45) is 0.100. The molecule has 5 heteroatoms. The van der Waals surface area contributed by atoms with Gasteiger partial charge in [0.2, 0.25) is 0 Å². The smallest absolute Gasteiger partial charge is 0.310 e. The van der Waals surface area contributed by atoms with Crippen molar-refractivity contribution >= 4 is 29.2 Å². The highest BCUT2D eigenvalue weighted by molar-refractivity contribution is 6.36. The van der Waals surface area contributed by atoms with Crippen LogP contribution in [0.4, 0.5) is 0 Å². The first-order chi connectivity index (χ1) is 7.08. The Balaban J connectivity index is 3.02. The maximum Gasteiger partial charge on any atom is 0.310 e. The number of methoxy groups -OCH3 is 2. The van der Waals surface area contributed by atoms with E-state index >= 15 is 0 Å². The van der Waals surface area contributed by atoms with Crippen LogP contribution in [0.3, 0.4) is 0 Å². The van der Waals surface area contributed by atoms with Crippen molar-refractivity contribution in [2.75, 3.05) is 14.2 Å². The molecule has 0 N–H and O–H groups in total. The maximum atomic E-state index is 11.1. The van der Waals surface area contributed by atoms with Crippen molar-refractivity contribution in [2.45, 2.75) is 6.42 Å². The summed E-state index contributed by atoms with van der Waals surface area (Å²) in [5.74, 6) is 0.126. The van der Waals surface area contributed by atoms with Gasteiger partial charge >= 0.3 is 5.97 Å². The highest BCUT2D eigenvalue weighted by Gasteiger charge is 2.11. The van der Waals surface area contributed by atoms with E-state index in [1.165, 1.54) is 14.2 Å². The number of rotatable bonds is 3. The molecule has 0 saturated heterocycles. The molecule has 0 unspecified atom stereocenters. The van der Waals surface area contributed by atoms with Crippen LogP contribution in [-0.2, 0) is 16.0 Å². The molecule has 3 nitrogen and oxygen atoms in total. The van der Waals surface area contributed by atoms with Gasteiger partial charge in [-0.2, -0.15) is 0 Å². The van der Waals surface area contributed by atoms with Crippen molar-refractivity contribution < 1.29 is 14.3 Å². The average Bonchev–Trinajstić information content (AvgIpc) is 2.21. The lowest BCUT2D eigenvalue weighted by Gasteiger charge is -2.08. The molecule has 1 rings (SSSR count). The number of hydrogen-bond acceptors (Lipinski definition) is 3. The van der Waals surface area contributed by atoms with Crippen LogP contribution in [0.15, 0.2) is 12.1 Å². The third-order valence-electron chi connectivity index (χ3n) is 1.88. The van der Waals surface area contributed by atoms with Crippen molar-refractivity contribution in [1.29, 1.82) is 0 Å². The van der Waals surface area contributed by atoms with Gasteiger partial charge in [-0.05, 0) is 17.7 Å². The van der Waals surface area contributed by atoms with Crippen LogP contribution in [0.5, 0.6) is 5.75 Å². The Bertz CT molecular complexity index is 377. The van der Waals surface area contributed by atoms with E-state index in [1.54, 1.807) is 12.1 Å². The first-order valence-corrected chi connectivity index (χ1v) is 4.92. The zero-order valence-electron chi connectivity index (χ0n) is 8.34. The van der Waals surface area contributed by atoms with E-state index in [0.29, 0.717) is 21.4 Å². The number of halogens is 2. The van der Waals surface area contributed by atoms with Gasteiger partial charge in [0.25, 0.3) is 0 Å². The fourth-order valence-corrected chi connectivity index (χ4v) is 1.62. The SMILES string of the molecule is COC(=O)Cc1cc(OC)c(Cl)cc1Cl. The second kappa shape index (κ2) is 5.24. The summed E-state index contributed by atoms with van der Waals surface area (Å²) in [6, 6.07) is 3.17. The van der Waals surface area contributed by atoms with Crippen molar-refractivity contribution in [2.24, 2.45) is 0 Å². The van der Waals surface area contributed by atoms with Gasteiger partial charge < -0.3 is 9.47 Å². The number of hydrogen-bond donors (Lipinski definition) is 0. The Morgan fingerprint density at radius 1 is 1.27 bits per heavy atom. The van der Waals surface area contributed by atoms with Gasteiger partial charge in [0, 0.05) is 5.02 Å². The van der Waals surface area contributed by atoms with Crippen LogP contribution in [-0.4, -0.2) is 20.2 Å². The van der Waals surface area contributed by atoms with Crippen LogP contribution >= 0.6 is 23.2 Å². The highest BCUT2D eigenvalue weighted by Crippen LogP contribution is 2.31. The summed E-state index contributed by atoms with van der Waals surface area (Å²) in [4.78, 5) is 11.1. The molecule has 0 radical (unpaired) electrons. The van der Waals surface area contributed by atoms with Crippen molar-refractivity contribution in [1.82, 2.24) is 0 Å². The lowest BCUT2D eigenvalue weighted by atomic mass is 10.1. The zero-order chi connectivity index (χ0) is 11.4. The molecule has 0 spiro atoms. The molecule has 0 aromatic heterocycles. The molecule has 0 atom stereocenters. The van der Waals surface area contributed by atoms with E-state index in [-0.39, 0.29) is 12.4 Å². The van der Waals surface area contributed by atoms with Gasteiger partial charge in [-0.1, -0.05) is 23.2 Å². The quantitative estimate of drug-likeness (QED) is 0.772. The average molecular weight is 249 g/mol. The first kappa shape index (κ1) is 12.1. The van der Waals surface area contributed by atoms with Gasteiger partial charge in [-0.25, -0.2) is 0 Å². The van der Waals surface area contributed by atoms with E-state index in [9.17, 15) is 4.79 Å². The predicted molar refractivity (Wildman–Crippen MR) is 58.7 cm³/mol. The van der Waals surface area contributed by atoms with Crippen molar-refractivity contribution in [3.05, 3.63) is 27.7 Å². The topological polar surface area (TPSA) is 35.5 Å². The summed E-state index contributed by atoms with van der Waals surface area (Å²) < 4.78 is 9.55. The van der Waals surface area contributed by atoms with Crippen LogP contribution in [0.25, 0.3) is 0 Å². The van der Waals surface area contributed by atoms with Gasteiger partial charge in [-0.3, -0.25) is 4.79 Å². The van der Waals surface area contributed by atoms with Crippen LogP contribution in [0, 0.1) is 0 Å². The molecular formula is C10H10Cl2O3. The second-order valence-corrected chi connectivity index (χ2v) is 3.65. The number of esters is 1. The lowest BCUT2D eigenvalue weighted by Crippen LogP contribution is -2.05. The molecule has 0 aliphatic rings. The lowest BCUT2D eigenvalue weighted by molar-refractivity contribution is -0.139. The molecule has 0 saturated carbocycles. The minimum absolute atomic E-state index is 0.100. The van der Waals surface area contributed by atoms with E-state index < -0.39 is 0 Å². The van der Waals surface area contributed by atoms with Gasteiger partial charge in [0.15, 0.2) is 0 Å². The molecule has 15 heavy (non-hydrogen) atoms. The molecule has 0 aliphatic carbocycles. The summed E-state index contributed by atoms with van der Waals surface area (Å²) in [5.41, 5.74) is 0.629. The normalized spacial score (nSPS) is 9.87. The van der Waals surface area contributed by atoms with E-state index in [1.807, 2.05) is 0 Å². The minimum atomic E-state index is -0.360. The molecular weight excluding hydrogens is 239 g/mol. The molecule has 0 aliphatic heterocycles. The number of benzene rings is 1. The van der Waals surface area contributed by atoms with Gasteiger partial charge in [0.1, 0.15) is 5.75 Å². The molecule has 82 valence electrons. The molecule has 1 aromatic rings. The molecule has 0 heterocycles. The maximum absolute atomic E-state index is 11.1. The summed E-state index contributed by atoms with van der Waals surface area (Å²) >= 11 is 11.8. The summed E-state index contributed by atoms with van der Waals surface area (Å²) in [7, 11) is 2.82. The Labute approximate surface area is 97.9 Å². The Kier molecular flexibility index (Phi) is 4.24. The Hall–Kier alpha value is -0.930. The van der Waals surface area contributed by atoms with Crippen molar-refractivity contribution in [3.63, 3.8) is 0 Å². The Morgan fingerprint density at radius 3 is 2.47 bits per heavy atom. The van der Waals surface area contributed by atoms with Crippen molar-refractivity contribution in [3.8, 4) is 5.75 Å². The highest BCUT2D eigenvalue weighted by atomic mass is 35.5. The zero-order valence-corrected chi connectivity index (χ0v) is 9.85. The second-order valence-electron chi connectivity index (χ2n) is 2.83. The standard InChI is InChI=1S/C10H10Cl2O3/c1-14-9-3-6(4-10(13)15-2)7(11)5-8(9)12/h3,5H,4H2,1-2H3. The monoisotopic (exact) mass is 248 g/mol. The van der Waals surface area contributed by atoms with Crippen LogP contribution < -0.4 is 4.74 Å². The Morgan fingerprint density at radius 2 is 1.93 bits per heavy atom. The summed E-state index contributed by atoms with van der Waals surface area (Å²) in [6.45, 7) is 0. The number of carbonyl (C=O) groups is 1. The predicted octanol–water partition coefficient (Wildman–Crippen LogP) is 2.72. The molecule has 0 fully saturated rings. The molecule has 1 aromatic carbocycles. The first-order valence-electron chi connectivity index (χ1n) is 4.17. The minimum Gasteiger partial charge on any atom is -0.495 e. The summed E-state index contributed by atoms with van der Waals surface area (Å²) in [5, 5.41) is 0.835. The third-order valence-corrected chi connectivity index (χ3v) is 2.53. The van der Waals surface area contributed by atoms with E-state index in [4.69, 9.17) is 27.9 Å². The fraction of sp³-hybridized carbons (Fsp3) is 0.300. The molecule has 0 amide bonds. The fourth-order valence-electron chi connectivity index (χ4n) is 1.09. The van der Waals surface area contributed by atoms with Crippen LogP contribution in [0.1, 0.15) is 5.56 Å². The number of ether oxygens (including phenoxy) is 2. The van der Waals surface area contributed by atoms with E-state index in [0.717, 1.165) is 0 Å². The third kappa shape index (κ3) is 3.01. The van der Waals surface area contributed by atoms with Crippen LogP contribution in [0.2, 0.25) is 10.0 Å². The molecule has 0 bridgehead atoms. The van der Waals surface area contributed by atoms with Gasteiger partial charge in [0.05, 0.1) is 25.7 Å².